The van der Waals surface area contributed by atoms with Gasteiger partial charge in [0.05, 0.1) is 3.79 Å². The van der Waals surface area contributed by atoms with Gasteiger partial charge >= 0.3 is 5.97 Å². The minimum Gasteiger partial charge on any atom is -0.481 e. The van der Waals surface area contributed by atoms with Crippen LogP contribution in [0.15, 0.2) is 20.1 Å². The van der Waals surface area contributed by atoms with E-state index < -0.39 is 16.0 Å². The number of carboxylic acid groups (broad SMARTS) is 1. The highest BCUT2D eigenvalue weighted by atomic mass is 79.9. The summed E-state index contributed by atoms with van der Waals surface area (Å²) in [6, 6.07) is 3.26. The molecular weight excluding hydrogens is 408 g/mol. The Bertz CT molecular complexity index is 680. The van der Waals surface area contributed by atoms with Crippen molar-refractivity contribution in [3.63, 3.8) is 0 Å². The number of aliphatic carboxylic acids is 1. The average molecular weight is 425 g/mol. The molecule has 1 fully saturated rings. The number of nitrogens with zero attached hydrogens (tertiary/aromatic N) is 2. The average Bonchev–Trinajstić information content (AvgIpc) is 2.94. The Morgan fingerprint density at radius 3 is 2.35 bits per heavy atom. The molecule has 7 nitrogen and oxygen atoms in total. The fraction of sp³-hybridized carbons (Fsp3) is 0.538. The van der Waals surface area contributed by atoms with E-state index in [1.54, 1.807) is 17.0 Å². The van der Waals surface area contributed by atoms with Gasteiger partial charge in [-0.1, -0.05) is 0 Å². The van der Waals surface area contributed by atoms with Crippen LogP contribution in [0.25, 0.3) is 0 Å². The summed E-state index contributed by atoms with van der Waals surface area (Å²) in [6.07, 6.45) is 0.445. The highest BCUT2D eigenvalue weighted by Crippen LogP contribution is 2.28. The molecular formula is C13H17BrN2O5S2. The number of carbonyl (C=O) groups is 2. The van der Waals surface area contributed by atoms with Gasteiger partial charge in [0.2, 0.25) is 5.91 Å². The van der Waals surface area contributed by atoms with E-state index in [9.17, 15) is 18.0 Å². The molecule has 1 saturated heterocycles. The summed E-state index contributed by atoms with van der Waals surface area (Å²) < 4.78 is 27.4. The van der Waals surface area contributed by atoms with Crippen LogP contribution in [0.2, 0.25) is 0 Å². The summed E-state index contributed by atoms with van der Waals surface area (Å²) in [5, 5.41) is 8.57. The van der Waals surface area contributed by atoms with Crippen LogP contribution in [-0.2, 0) is 19.6 Å². The number of thiophene rings is 1. The molecule has 0 atom stereocenters. The molecule has 0 unspecified atom stereocenters. The lowest BCUT2D eigenvalue weighted by molar-refractivity contribution is -0.137. The van der Waals surface area contributed by atoms with Crippen LogP contribution in [0.1, 0.15) is 19.3 Å². The van der Waals surface area contributed by atoms with Gasteiger partial charge in [-0.15, -0.1) is 11.3 Å². The first-order chi connectivity index (χ1) is 10.8. The Hall–Kier alpha value is -0.970. The first-order valence-electron chi connectivity index (χ1n) is 7.06. The molecule has 1 N–H and O–H groups in total. The predicted molar refractivity (Wildman–Crippen MR) is 88.8 cm³/mol. The zero-order valence-corrected chi connectivity index (χ0v) is 15.5. The number of rotatable bonds is 6. The van der Waals surface area contributed by atoms with E-state index in [4.69, 9.17) is 5.11 Å². The van der Waals surface area contributed by atoms with Gasteiger partial charge in [0.1, 0.15) is 4.21 Å². The lowest BCUT2D eigenvalue weighted by atomic mass is 10.2. The summed E-state index contributed by atoms with van der Waals surface area (Å²) in [5.41, 5.74) is 0. The van der Waals surface area contributed by atoms with Crippen molar-refractivity contribution in [2.45, 2.75) is 23.5 Å². The maximum Gasteiger partial charge on any atom is 0.303 e. The minimum absolute atomic E-state index is 0.0344. The quantitative estimate of drug-likeness (QED) is 0.747. The second-order valence-electron chi connectivity index (χ2n) is 5.09. The van der Waals surface area contributed by atoms with Crippen LogP contribution in [0.3, 0.4) is 0 Å². The van der Waals surface area contributed by atoms with E-state index in [0.29, 0.717) is 19.5 Å². The van der Waals surface area contributed by atoms with Gasteiger partial charge in [-0.25, -0.2) is 8.42 Å². The van der Waals surface area contributed by atoms with Gasteiger partial charge in [-0.3, -0.25) is 9.59 Å². The molecule has 10 heteroatoms. The van der Waals surface area contributed by atoms with Crippen LogP contribution >= 0.6 is 27.3 Å². The van der Waals surface area contributed by atoms with Gasteiger partial charge in [0, 0.05) is 39.0 Å². The molecule has 128 valence electrons. The molecule has 1 aromatic heterocycles. The van der Waals surface area contributed by atoms with Crippen molar-refractivity contribution in [2.75, 3.05) is 26.2 Å². The van der Waals surface area contributed by atoms with E-state index in [1.165, 1.54) is 4.31 Å². The van der Waals surface area contributed by atoms with Crippen LogP contribution in [-0.4, -0.2) is 60.8 Å². The van der Waals surface area contributed by atoms with Crippen molar-refractivity contribution in [1.29, 1.82) is 0 Å². The van der Waals surface area contributed by atoms with Gasteiger partial charge in [-0.05, 0) is 34.5 Å². The highest BCUT2D eigenvalue weighted by Gasteiger charge is 2.30. The van der Waals surface area contributed by atoms with Crippen LogP contribution < -0.4 is 0 Å². The summed E-state index contributed by atoms with van der Waals surface area (Å²) >= 11 is 4.41. The van der Waals surface area contributed by atoms with Crippen molar-refractivity contribution in [3.05, 3.63) is 15.9 Å². The molecule has 23 heavy (non-hydrogen) atoms. The normalized spacial score (nSPS) is 16.5. The minimum atomic E-state index is -3.51. The number of hydrogen-bond donors (Lipinski definition) is 1. The first-order valence-corrected chi connectivity index (χ1v) is 10.1. The van der Waals surface area contributed by atoms with Gasteiger partial charge in [0.15, 0.2) is 0 Å². The third-order valence-corrected chi connectivity index (χ3v) is 7.51. The summed E-state index contributed by atoms with van der Waals surface area (Å²) in [7, 11) is -3.51. The standard InChI is InChI=1S/C13H17BrN2O5S2/c14-10-4-5-13(22-10)23(20,21)16-8-6-15(7-9-16)11(17)2-1-3-12(18)19/h4-5H,1-3,6-9H2,(H,18,19). The van der Waals surface area contributed by atoms with Crippen LogP contribution in [0, 0.1) is 0 Å². The smallest absolute Gasteiger partial charge is 0.303 e. The second-order valence-corrected chi connectivity index (χ2v) is 9.72. The molecule has 0 radical (unpaired) electrons. The van der Waals surface area contributed by atoms with Crippen molar-refractivity contribution in [2.24, 2.45) is 0 Å². The number of carboxylic acids is 1. The number of sulfonamides is 1. The Kier molecular flexibility index (Phi) is 6.18. The summed E-state index contributed by atoms with van der Waals surface area (Å²) in [4.78, 5) is 24.0. The van der Waals surface area contributed by atoms with Crippen molar-refractivity contribution >= 4 is 49.2 Å². The maximum absolute atomic E-state index is 12.5. The third-order valence-electron chi connectivity index (χ3n) is 3.52. The SMILES string of the molecule is O=C(O)CCCC(=O)N1CCN(S(=O)(=O)c2ccc(Br)s2)CC1. The topological polar surface area (TPSA) is 95.0 Å². The zero-order valence-electron chi connectivity index (χ0n) is 12.3. The molecule has 0 aromatic carbocycles. The largest absolute Gasteiger partial charge is 0.481 e. The summed E-state index contributed by atoms with van der Waals surface area (Å²) in [5.74, 6) is -1.04. The van der Waals surface area contributed by atoms with Crippen molar-refractivity contribution in [1.82, 2.24) is 9.21 Å². The molecule has 0 spiro atoms. The predicted octanol–water partition coefficient (Wildman–Crippen LogP) is 1.60. The monoisotopic (exact) mass is 424 g/mol. The lowest BCUT2D eigenvalue weighted by Crippen LogP contribution is -2.50. The zero-order chi connectivity index (χ0) is 17.0. The lowest BCUT2D eigenvalue weighted by Gasteiger charge is -2.33. The van der Waals surface area contributed by atoms with Gasteiger partial charge in [0.25, 0.3) is 10.0 Å². The third kappa shape index (κ3) is 4.75. The Balaban J connectivity index is 1.88. The Morgan fingerprint density at radius 2 is 1.83 bits per heavy atom. The molecule has 2 rings (SSSR count). The molecule has 1 amide bonds. The number of carbonyl (C=O) groups excluding carboxylic acids is 1. The van der Waals surface area contributed by atoms with E-state index in [0.717, 1.165) is 15.1 Å². The van der Waals surface area contributed by atoms with Crippen molar-refractivity contribution < 1.29 is 23.1 Å². The number of halogens is 1. The number of hydrogen-bond acceptors (Lipinski definition) is 5. The van der Waals surface area contributed by atoms with E-state index in [2.05, 4.69) is 15.9 Å². The molecule has 0 aliphatic carbocycles. The van der Waals surface area contributed by atoms with Crippen LogP contribution in [0.4, 0.5) is 0 Å². The second kappa shape index (κ2) is 7.73. The highest BCUT2D eigenvalue weighted by molar-refractivity contribution is 9.11. The Morgan fingerprint density at radius 1 is 1.17 bits per heavy atom. The van der Waals surface area contributed by atoms with Gasteiger partial charge in [-0.2, -0.15) is 4.31 Å². The molecule has 1 aliphatic heterocycles. The molecule has 2 heterocycles. The van der Waals surface area contributed by atoms with Gasteiger partial charge < -0.3 is 10.0 Å². The van der Waals surface area contributed by atoms with E-state index in [-0.39, 0.29) is 36.0 Å². The number of piperazine rings is 1. The Labute approximate surface area is 147 Å². The maximum atomic E-state index is 12.5. The van der Waals surface area contributed by atoms with E-state index in [1.807, 2.05) is 0 Å². The summed E-state index contributed by atoms with van der Waals surface area (Å²) in [6.45, 7) is 1.17. The molecule has 1 aliphatic rings. The number of amides is 1. The first kappa shape index (κ1) is 18.4. The molecule has 0 bridgehead atoms. The fourth-order valence-electron chi connectivity index (χ4n) is 2.29. The van der Waals surface area contributed by atoms with E-state index >= 15 is 0 Å². The fourth-order valence-corrected chi connectivity index (χ4v) is 5.88. The van der Waals surface area contributed by atoms with Crippen molar-refractivity contribution in [3.8, 4) is 0 Å². The molecule has 1 aromatic rings. The molecule has 0 saturated carbocycles. The van der Waals surface area contributed by atoms with Crippen LogP contribution in [0.5, 0.6) is 0 Å².